The molecule has 0 aromatic rings. The maximum absolute atomic E-state index is 4.96. The summed E-state index contributed by atoms with van der Waals surface area (Å²) >= 11 is 0. The van der Waals surface area contributed by atoms with Gasteiger partial charge >= 0.3 is 0 Å². The van der Waals surface area contributed by atoms with E-state index in [4.69, 9.17) is 4.84 Å². The second-order valence-corrected chi connectivity index (χ2v) is 2.20. The molecule has 1 N–H and O–H groups in total. The van der Waals surface area contributed by atoms with E-state index in [1.54, 1.807) is 6.08 Å². The Morgan fingerprint density at radius 1 is 1.50 bits per heavy atom. The highest BCUT2D eigenvalue weighted by Crippen LogP contribution is 1.90. The predicted octanol–water partition coefficient (Wildman–Crippen LogP) is 1.88. The van der Waals surface area contributed by atoms with Crippen molar-refractivity contribution in [3.8, 4) is 0 Å². The van der Waals surface area contributed by atoms with Gasteiger partial charge in [0, 0.05) is 6.54 Å². The van der Waals surface area contributed by atoms with E-state index in [-0.39, 0.29) is 0 Å². The van der Waals surface area contributed by atoms with Gasteiger partial charge in [-0.15, -0.1) is 6.58 Å². The van der Waals surface area contributed by atoms with E-state index in [0.29, 0.717) is 6.61 Å². The highest BCUT2D eigenvalue weighted by Gasteiger charge is 1.84. The van der Waals surface area contributed by atoms with E-state index in [2.05, 4.69) is 19.0 Å². The first-order chi connectivity index (χ1) is 4.91. The number of hydrogen-bond donors (Lipinski definition) is 1. The Bertz CT molecular complexity index is 73.7. The number of rotatable bonds is 7. The van der Waals surface area contributed by atoms with Gasteiger partial charge in [-0.05, 0) is 6.42 Å². The molecular weight excluding hydrogens is 126 g/mol. The van der Waals surface area contributed by atoms with Gasteiger partial charge < -0.3 is 0 Å². The van der Waals surface area contributed by atoms with Gasteiger partial charge in [0.15, 0.2) is 0 Å². The maximum Gasteiger partial charge on any atom is 0.0861 e. The monoisotopic (exact) mass is 143 g/mol. The number of hydrogen-bond acceptors (Lipinski definition) is 2. The molecule has 0 fully saturated rings. The fourth-order valence-corrected chi connectivity index (χ4v) is 0.637. The van der Waals surface area contributed by atoms with Crippen molar-refractivity contribution >= 4 is 0 Å². The highest BCUT2D eigenvalue weighted by atomic mass is 16.6. The summed E-state index contributed by atoms with van der Waals surface area (Å²) in [4.78, 5) is 4.96. The summed E-state index contributed by atoms with van der Waals surface area (Å²) in [5.41, 5.74) is 2.85. The quantitative estimate of drug-likeness (QED) is 0.334. The molecule has 0 heterocycles. The summed E-state index contributed by atoms with van der Waals surface area (Å²) in [6, 6.07) is 0. The van der Waals surface area contributed by atoms with E-state index in [1.807, 2.05) is 0 Å². The van der Waals surface area contributed by atoms with Crippen LogP contribution in [-0.2, 0) is 4.84 Å². The Morgan fingerprint density at radius 3 is 2.90 bits per heavy atom. The standard InChI is InChI=1S/C8H17NO/c1-3-5-6-7-9-10-8-4-2/h4,9H,2-3,5-8H2,1H3. The van der Waals surface area contributed by atoms with Gasteiger partial charge in [0.2, 0.25) is 0 Å². The van der Waals surface area contributed by atoms with Gasteiger partial charge in [-0.25, -0.2) is 5.48 Å². The van der Waals surface area contributed by atoms with Crippen molar-refractivity contribution in [2.24, 2.45) is 0 Å². The molecule has 0 aliphatic carbocycles. The highest BCUT2D eigenvalue weighted by molar-refractivity contribution is 4.62. The molecule has 0 unspecified atom stereocenters. The van der Waals surface area contributed by atoms with Gasteiger partial charge in [-0.1, -0.05) is 25.8 Å². The van der Waals surface area contributed by atoms with Crippen LogP contribution in [0.25, 0.3) is 0 Å². The van der Waals surface area contributed by atoms with E-state index in [9.17, 15) is 0 Å². The SMILES string of the molecule is C=CCONCCCCC. The third kappa shape index (κ3) is 7.66. The second kappa shape index (κ2) is 8.66. The number of hydroxylamine groups is 1. The lowest BCUT2D eigenvalue weighted by Crippen LogP contribution is -2.15. The lowest BCUT2D eigenvalue weighted by Gasteiger charge is -2.01. The Balaban J connectivity index is 2.70. The van der Waals surface area contributed by atoms with Crippen molar-refractivity contribution in [3.05, 3.63) is 12.7 Å². The molecule has 2 nitrogen and oxygen atoms in total. The largest absolute Gasteiger partial charge is 0.298 e. The van der Waals surface area contributed by atoms with E-state index in [0.717, 1.165) is 6.54 Å². The molecule has 0 aromatic carbocycles. The zero-order valence-corrected chi connectivity index (χ0v) is 6.73. The molecule has 10 heavy (non-hydrogen) atoms. The minimum atomic E-state index is 0.589. The van der Waals surface area contributed by atoms with Crippen LogP contribution in [0.5, 0.6) is 0 Å². The minimum absolute atomic E-state index is 0.589. The first kappa shape index (κ1) is 9.66. The predicted molar refractivity (Wildman–Crippen MR) is 43.7 cm³/mol. The summed E-state index contributed by atoms with van der Waals surface area (Å²) in [5.74, 6) is 0. The molecule has 0 aliphatic heterocycles. The molecule has 0 radical (unpaired) electrons. The lowest BCUT2D eigenvalue weighted by molar-refractivity contribution is 0.0617. The Labute approximate surface area is 63.2 Å². The van der Waals surface area contributed by atoms with Crippen molar-refractivity contribution in [1.29, 1.82) is 0 Å². The van der Waals surface area contributed by atoms with Crippen molar-refractivity contribution in [2.45, 2.75) is 26.2 Å². The summed E-state index contributed by atoms with van der Waals surface area (Å²) < 4.78 is 0. The Morgan fingerprint density at radius 2 is 2.30 bits per heavy atom. The van der Waals surface area contributed by atoms with Crippen LogP contribution in [0.4, 0.5) is 0 Å². The van der Waals surface area contributed by atoms with Gasteiger partial charge in [0.1, 0.15) is 0 Å². The first-order valence-corrected chi connectivity index (χ1v) is 3.87. The topological polar surface area (TPSA) is 21.3 Å². The molecule has 0 spiro atoms. The van der Waals surface area contributed by atoms with Crippen LogP contribution in [0.1, 0.15) is 26.2 Å². The summed E-state index contributed by atoms with van der Waals surface area (Å²) in [7, 11) is 0. The molecular formula is C8H17NO. The van der Waals surface area contributed by atoms with E-state index >= 15 is 0 Å². The third-order valence-corrected chi connectivity index (χ3v) is 1.19. The molecule has 0 saturated carbocycles. The zero-order valence-electron chi connectivity index (χ0n) is 6.73. The van der Waals surface area contributed by atoms with Crippen molar-refractivity contribution < 1.29 is 4.84 Å². The van der Waals surface area contributed by atoms with Crippen molar-refractivity contribution in [3.63, 3.8) is 0 Å². The van der Waals surface area contributed by atoms with Crippen LogP contribution >= 0.6 is 0 Å². The maximum atomic E-state index is 4.96. The van der Waals surface area contributed by atoms with E-state index in [1.165, 1.54) is 19.3 Å². The van der Waals surface area contributed by atoms with Crippen molar-refractivity contribution in [2.75, 3.05) is 13.2 Å². The smallest absolute Gasteiger partial charge is 0.0861 e. The Hall–Kier alpha value is -0.340. The van der Waals surface area contributed by atoms with Crippen LogP contribution in [0.2, 0.25) is 0 Å². The second-order valence-electron chi connectivity index (χ2n) is 2.20. The molecule has 0 aromatic heterocycles. The number of nitrogens with one attached hydrogen (secondary N) is 1. The van der Waals surface area contributed by atoms with Crippen LogP contribution in [0.3, 0.4) is 0 Å². The minimum Gasteiger partial charge on any atom is -0.298 e. The molecule has 0 rings (SSSR count). The normalized spacial score (nSPS) is 9.70. The first-order valence-electron chi connectivity index (χ1n) is 3.87. The fourth-order valence-electron chi connectivity index (χ4n) is 0.637. The average Bonchev–Trinajstić information content (AvgIpc) is 1.97. The summed E-state index contributed by atoms with van der Waals surface area (Å²) in [6.45, 7) is 7.25. The summed E-state index contributed by atoms with van der Waals surface area (Å²) in [5, 5.41) is 0. The molecule has 2 heteroatoms. The van der Waals surface area contributed by atoms with Crippen LogP contribution in [0.15, 0.2) is 12.7 Å². The molecule has 0 aliphatic rings. The zero-order chi connectivity index (χ0) is 7.66. The van der Waals surface area contributed by atoms with Gasteiger partial charge in [0.25, 0.3) is 0 Å². The van der Waals surface area contributed by atoms with Crippen molar-refractivity contribution in [1.82, 2.24) is 5.48 Å². The third-order valence-electron chi connectivity index (χ3n) is 1.19. The number of unbranched alkanes of at least 4 members (excludes halogenated alkanes) is 2. The van der Waals surface area contributed by atoms with Gasteiger partial charge in [0.05, 0.1) is 6.61 Å². The van der Waals surface area contributed by atoms with Crippen LogP contribution < -0.4 is 5.48 Å². The van der Waals surface area contributed by atoms with Gasteiger partial charge in [-0.2, -0.15) is 0 Å². The molecule has 0 amide bonds. The lowest BCUT2D eigenvalue weighted by atomic mass is 10.3. The molecule has 0 atom stereocenters. The van der Waals surface area contributed by atoms with Gasteiger partial charge in [-0.3, -0.25) is 4.84 Å². The fraction of sp³-hybridized carbons (Fsp3) is 0.750. The Kier molecular flexibility index (Phi) is 8.37. The molecule has 60 valence electrons. The molecule has 0 saturated heterocycles. The van der Waals surface area contributed by atoms with E-state index < -0.39 is 0 Å². The van der Waals surface area contributed by atoms with Crippen LogP contribution in [0, 0.1) is 0 Å². The molecule has 0 bridgehead atoms. The average molecular weight is 143 g/mol. The summed E-state index contributed by atoms with van der Waals surface area (Å²) in [6.07, 6.45) is 5.44. The van der Waals surface area contributed by atoms with Crippen LogP contribution in [-0.4, -0.2) is 13.2 Å².